The smallest absolute Gasteiger partial charge is 0.244 e. The molecular formula is C12H19N3O2S2. The van der Waals surface area contributed by atoms with E-state index in [2.05, 4.69) is 15.0 Å². The Morgan fingerprint density at radius 1 is 1.53 bits per heavy atom. The molecule has 1 aliphatic rings. The quantitative estimate of drug-likeness (QED) is 0.836. The summed E-state index contributed by atoms with van der Waals surface area (Å²) >= 11 is 1.78. The van der Waals surface area contributed by atoms with Gasteiger partial charge in [0.15, 0.2) is 0 Å². The van der Waals surface area contributed by atoms with Gasteiger partial charge in [0.2, 0.25) is 10.0 Å². The van der Waals surface area contributed by atoms with Crippen LogP contribution in [0.3, 0.4) is 0 Å². The van der Waals surface area contributed by atoms with Crippen molar-refractivity contribution < 1.29 is 8.42 Å². The number of hydrogen-bond donors (Lipinski definition) is 2. The predicted octanol–water partition coefficient (Wildman–Crippen LogP) is 1.69. The van der Waals surface area contributed by atoms with E-state index in [1.54, 1.807) is 30.1 Å². The Morgan fingerprint density at radius 3 is 3.05 bits per heavy atom. The summed E-state index contributed by atoms with van der Waals surface area (Å²) in [5.74, 6) is 2.29. The maximum atomic E-state index is 12.4. The van der Waals surface area contributed by atoms with E-state index in [1.807, 2.05) is 6.92 Å². The Hall–Kier alpha value is -0.790. The van der Waals surface area contributed by atoms with Crippen LogP contribution in [0.15, 0.2) is 23.2 Å². The Labute approximate surface area is 118 Å². The molecule has 1 aliphatic heterocycles. The zero-order valence-corrected chi connectivity index (χ0v) is 12.6. The molecule has 1 aromatic rings. The number of aromatic nitrogens is 1. The van der Waals surface area contributed by atoms with E-state index >= 15 is 0 Å². The molecule has 0 amide bonds. The van der Waals surface area contributed by atoms with Crippen LogP contribution in [0.25, 0.3) is 0 Å². The van der Waals surface area contributed by atoms with Crippen LogP contribution in [0, 0.1) is 0 Å². The van der Waals surface area contributed by atoms with Crippen molar-refractivity contribution >= 4 is 27.6 Å². The van der Waals surface area contributed by atoms with Crippen molar-refractivity contribution in [2.75, 3.05) is 23.4 Å². The van der Waals surface area contributed by atoms with Crippen LogP contribution in [0.1, 0.15) is 19.8 Å². The van der Waals surface area contributed by atoms with E-state index in [-0.39, 0.29) is 10.9 Å². The van der Waals surface area contributed by atoms with Crippen LogP contribution < -0.4 is 10.0 Å². The van der Waals surface area contributed by atoms with Crippen molar-refractivity contribution in [3.63, 3.8) is 0 Å². The third-order valence-electron chi connectivity index (χ3n) is 2.85. The molecule has 2 N–H and O–H groups in total. The van der Waals surface area contributed by atoms with Crippen LogP contribution in [0.2, 0.25) is 0 Å². The van der Waals surface area contributed by atoms with Crippen molar-refractivity contribution in [1.82, 2.24) is 9.71 Å². The molecule has 2 heterocycles. The van der Waals surface area contributed by atoms with Crippen LogP contribution in [0.5, 0.6) is 0 Å². The summed E-state index contributed by atoms with van der Waals surface area (Å²) in [5.41, 5.74) is 0. The van der Waals surface area contributed by atoms with E-state index in [9.17, 15) is 8.42 Å². The Morgan fingerprint density at radius 2 is 2.37 bits per heavy atom. The predicted molar refractivity (Wildman–Crippen MR) is 79.1 cm³/mol. The largest absolute Gasteiger partial charge is 0.369 e. The Bertz CT molecular complexity index is 513. The topological polar surface area (TPSA) is 71.1 Å². The highest BCUT2D eigenvalue weighted by molar-refractivity contribution is 7.99. The zero-order valence-electron chi connectivity index (χ0n) is 10.9. The summed E-state index contributed by atoms with van der Waals surface area (Å²) in [4.78, 5) is 4.36. The number of anilines is 1. The van der Waals surface area contributed by atoms with Gasteiger partial charge in [0.05, 0.1) is 0 Å². The highest BCUT2D eigenvalue weighted by atomic mass is 32.2. The van der Waals surface area contributed by atoms with Gasteiger partial charge in [-0.25, -0.2) is 18.1 Å². The van der Waals surface area contributed by atoms with E-state index in [4.69, 9.17) is 0 Å². The molecule has 1 saturated heterocycles. The van der Waals surface area contributed by atoms with Gasteiger partial charge in [-0.2, -0.15) is 11.8 Å². The summed E-state index contributed by atoms with van der Waals surface area (Å²) in [6, 6.07) is 3.28. The maximum absolute atomic E-state index is 12.4. The van der Waals surface area contributed by atoms with Crippen LogP contribution in [-0.2, 0) is 10.0 Å². The first kappa shape index (κ1) is 14.6. The lowest BCUT2D eigenvalue weighted by Gasteiger charge is -2.14. The summed E-state index contributed by atoms with van der Waals surface area (Å²) in [7, 11) is -3.49. The van der Waals surface area contributed by atoms with Gasteiger partial charge in [0, 0.05) is 24.5 Å². The van der Waals surface area contributed by atoms with E-state index in [0.717, 1.165) is 24.3 Å². The number of sulfonamides is 1. The minimum absolute atomic E-state index is 0.0363. The van der Waals surface area contributed by atoms with E-state index in [1.165, 1.54) is 0 Å². The first-order valence-corrected chi connectivity index (χ1v) is 9.06. The van der Waals surface area contributed by atoms with Crippen LogP contribution >= 0.6 is 11.8 Å². The normalized spacial score (nSPS) is 19.5. The molecule has 2 rings (SSSR count). The molecule has 0 saturated carbocycles. The molecule has 5 nitrogen and oxygen atoms in total. The minimum Gasteiger partial charge on any atom is -0.369 e. The molecule has 0 spiro atoms. The fourth-order valence-electron chi connectivity index (χ4n) is 1.89. The van der Waals surface area contributed by atoms with Gasteiger partial charge in [0.1, 0.15) is 10.7 Å². The van der Waals surface area contributed by atoms with Crippen molar-refractivity contribution in [3.8, 4) is 0 Å². The fourth-order valence-corrected chi connectivity index (χ4v) is 4.56. The Kier molecular flexibility index (Phi) is 5.06. The molecule has 106 valence electrons. The van der Waals surface area contributed by atoms with Gasteiger partial charge in [0.25, 0.3) is 0 Å². The molecule has 0 aliphatic carbocycles. The highest BCUT2D eigenvalue weighted by Crippen LogP contribution is 2.22. The first-order valence-electron chi connectivity index (χ1n) is 6.42. The van der Waals surface area contributed by atoms with Gasteiger partial charge in [-0.05, 0) is 30.7 Å². The van der Waals surface area contributed by atoms with Gasteiger partial charge in [-0.15, -0.1) is 0 Å². The standard InChI is InChI=1S/C12H19N3O2S2/c1-2-6-13-12-11(4-3-7-14-12)19(16,17)15-10-5-8-18-9-10/h3-4,7,10,15H,2,5-6,8-9H2,1H3,(H,13,14). The van der Waals surface area contributed by atoms with E-state index < -0.39 is 10.0 Å². The van der Waals surface area contributed by atoms with Gasteiger partial charge in [-0.3, -0.25) is 0 Å². The van der Waals surface area contributed by atoms with Crippen LogP contribution in [-0.4, -0.2) is 37.5 Å². The summed E-state index contributed by atoms with van der Waals surface area (Å²) in [6.45, 7) is 2.73. The molecule has 7 heteroatoms. The molecule has 1 aromatic heterocycles. The third kappa shape index (κ3) is 3.84. The lowest BCUT2D eigenvalue weighted by molar-refractivity contribution is 0.563. The van der Waals surface area contributed by atoms with Crippen molar-refractivity contribution in [2.24, 2.45) is 0 Å². The molecular weight excluding hydrogens is 282 g/mol. The second-order valence-electron chi connectivity index (χ2n) is 4.46. The van der Waals surface area contributed by atoms with Crippen molar-refractivity contribution in [3.05, 3.63) is 18.3 Å². The second kappa shape index (κ2) is 6.58. The summed E-state index contributed by atoms with van der Waals surface area (Å²) in [5, 5.41) is 3.06. The number of nitrogens with zero attached hydrogens (tertiary/aromatic N) is 1. The number of pyridine rings is 1. The minimum atomic E-state index is -3.49. The summed E-state index contributed by atoms with van der Waals surface area (Å²) < 4.78 is 27.5. The van der Waals surface area contributed by atoms with Gasteiger partial charge < -0.3 is 5.32 Å². The molecule has 19 heavy (non-hydrogen) atoms. The van der Waals surface area contributed by atoms with Crippen molar-refractivity contribution in [1.29, 1.82) is 0 Å². The highest BCUT2D eigenvalue weighted by Gasteiger charge is 2.25. The molecule has 1 atom stereocenters. The van der Waals surface area contributed by atoms with Crippen LogP contribution in [0.4, 0.5) is 5.82 Å². The molecule has 0 aromatic carbocycles. The first-order chi connectivity index (χ1) is 9.13. The maximum Gasteiger partial charge on any atom is 0.244 e. The average Bonchev–Trinajstić information content (AvgIpc) is 2.88. The fraction of sp³-hybridized carbons (Fsp3) is 0.583. The monoisotopic (exact) mass is 301 g/mol. The molecule has 1 unspecified atom stereocenters. The second-order valence-corrected chi connectivity index (χ2v) is 7.29. The number of nitrogens with one attached hydrogen (secondary N) is 2. The zero-order chi connectivity index (χ0) is 13.7. The third-order valence-corrected chi connectivity index (χ3v) is 5.57. The average molecular weight is 301 g/mol. The molecule has 0 radical (unpaired) electrons. The van der Waals surface area contributed by atoms with Gasteiger partial charge >= 0.3 is 0 Å². The Balaban J connectivity index is 2.18. The van der Waals surface area contributed by atoms with E-state index in [0.29, 0.717) is 12.4 Å². The van der Waals surface area contributed by atoms with Gasteiger partial charge in [-0.1, -0.05) is 6.92 Å². The lowest BCUT2D eigenvalue weighted by atomic mass is 10.3. The SMILES string of the molecule is CCCNc1ncccc1S(=O)(=O)NC1CCSC1. The van der Waals surface area contributed by atoms with Crippen molar-refractivity contribution in [2.45, 2.75) is 30.7 Å². The number of thioether (sulfide) groups is 1. The molecule has 0 bridgehead atoms. The number of hydrogen-bond acceptors (Lipinski definition) is 5. The number of rotatable bonds is 6. The molecule has 1 fully saturated rings. The summed E-state index contributed by atoms with van der Waals surface area (Å²) in [6.07, 6.45) is 3.41. The lowest BCUT2D eigenvalue weighted by Crippen LogP contribution is -2.35.